The fourth-order valence-electron chi connectivity index (χ4n) is 1.91. The van der Waals surface area contributed by atoms with Gasteiger partial charge in [0.25, 0.3) is 5.91 Å². The molecule has 1 aliphatic rings. The summed E-state index contributed by atoms with van der Waals surface area (Å²) in [4.78, 5) is 24.8. The van der Waals surface area contributed by atoms with Crippen molar-refractivity contribution in [3.63, 3.8) is 0 Å². The summed E-state index contributed by atoms with van der Waals surface area (Å²) in [6, 6.07) is 0. The number of hydrogen-bond donors (Lipinski definition) is 0. The Morgan fingerprint density at radius 2 is 1.89 bits per heavy atom. The molecule has 0 radical (unpaired) electrons. The Morgan fingerprint density at radius 3 is 2.37 bits per heavy atom. The minimum absolute atomic E-state index is 0.0201. The van der Waals surface area contributed by atoms with Crippen molar-refractivity contribution in [2.45, 2.75) is 25.7 Å². The van der Waals surface area contributed by atoms with Crippen molar-refractivity contribution in [2.75, 3.05) is 33.7 Å². The van der Waals surface area contributed by atoms with Gasteiger partial charge in [0.05, 0.1) is 5.56 Å². The van der Waals surface area contributed by atoms with Crippen molar-refractivity contribution in [1.29, 1.82) is 0 Å². The van der Waals surface area contributed by atoms with Crippen LogP contribution >= 0.6 is 0 Å². The van der Waals surface area contributed by atoms with E-state index in [-0.39, 0.29) is 5.91 Å². The van der Waals surface area contributed by atoms with E-state index in [2.05, 4.69) is 14.9 Å². The Labute approximate surface area is 114 Å². The highest BCUT2D eigenvalue weighted by molar-refractivity contribution is 5.93. The normalized spacial score (nSPS) is 14.7. The second-order valence-corrected chi connectivity index (χ2v) is 5.29. The first kappa shape index (κ1) is 13.9. The molecule has 1 fully saturated rings. The molecule has 104 valence electrons. The number of aromatic nitrogens is 2. The molecule has 1 aliphatic carbocycles. The zero-order chi connectivity index (χ0) is 13.8. The van der Waals surface area contributed by atoms with Crippen LogP contribution in [0.3, 0.4) is 0 Å². The molecule has 1 saturated carbocycles. The fourth-order valence-corrected chi connectivity index (χ4v) is 1.91. The average molecular weight is 262 g/mol. The third kappa shape index (κ3) is 3.73. The number of carbonyl (C=O) groups is 1. The second kappa shape index (κ2) is 6.10. The second-order valence-electron chi connectivity index (χ2n) is 5.29. The van der Waals surface area contributed by atoms with Gasteiger partial charge in [-0.2, -0.15) is 0 Å². The lowest BCUT2D eigenvalue weighted by Crippen LogP contribution is -2.36. The molecular formula is C14H22N4O. The van der Waals surface area contributed by atoms with Gasteiger partial charge >= 0.3 is 0 Å². The maximum absolute atomic E-state index is 12.3. The molecule has 0 aromatic carbocycles. The van der Waals surface area contributed by atoms with E-state index in [9.17, 15) is 4.79 Å². The van der Waals surface area contributed by atoms with Crippen LogP contribution in [0.4, 0.5) is 0 Å². The number of hydrogen-bond acceptors (Lipinski definition) is 4. The molecule has 0 aliphatic heterocycles. The van der Waals surface area contributed by atoms with Crippen molar-refractivity contribution in [3.8, 4) is 0 Å². The van der Waals surface area contributed by atoms with Crippen LogP contribution in [-0.2, 0) is 0 Å². The first-order valence-corrected chi connectivity index (χ1v) is 6.87. The molecule has 1 aromatic heterocycles. The zero-order valence-corrected chi connectivity index (χ0v) is 12.0. The maximum Gasteiger partial charge on any atom is 0.257 e. The minimum atomic E-state index is 0.0201. The van der Waals surface area contributed by atoms with Crippen LogP contribution in [0.1, 0.15) is 41.9 Å². The Balaban J connectivity index is 1.99. The zero-order valence-electron chi connectivity index (χ0n) is 12.0. The largest absolute Gasteiger partial charge is 0.338 e. The molecule has 1 aromatic rings. The topological polar surface area (TPSA) is 49.3 Å². The molecule has 5 nitrogen and oxygen atoms in total. The lowest BCUT2D eigenvalue weighted by molar-refractivity contribution is 0.0753. The van der Waals surface area contributed by atoms with Crippen molar-refractivity contribution in [3.05, 3.63) is 23.8 Å². The van der Waals surface area contributed by atoms with E-state index in [0.29, 0.717) is 18.0 Å². The maximum atomic E-state index is 12.3. The van der Waals surface area contributed by atoms with E-state index in [1.54, 1.807) is 12.4 Å². The van der Waals surface area contributed by atoms with Gasteiger partial charge in [0.1, 0.15) is 5.82 Å². The van der Waals surface area contributed by atoms with E-state index >= 15 is 0 Å². The van der Waals surface area contributed by atoms with Gasteiger partial charge in [0.15, 0.2) is 0 Å². The molecule has 0 N–H and O–H groups in total. The monoisotopic (exact) mass is 262 g/mol. The molecule has 19 heavy (non-hydrogen) atoms. The third-order valence-corrected chi connectivity index (χ3v) is 3.35. The van der Waals surface area contributed by atoms with Crippen LogP contribution in [0, 0.1) is 0 Å². The van der Waals surface area contributed by atoms with Gasteiger partial charge in [-0.25, -0.2) is 9.97 Å². The standard InChI is InChI=1S/C14H22N4O/c1-4-18(8-7-17(2)3)14(19)12-9-15-13(16-10-12)11-5-6-11/h9-11H,4-8H2,1-3H3. The molecule has 5 heteroatoms. The highest BCUT2D eigenvalue weighted by Gasteiger charge is 2.26. The molecular weight excluding hydrogens is 240 g/mol. The molecule has 2 rings (SSSR count). The van der Waals surface area contributed by atoms with E-state index < -0.39 is 0 Å². The Bertz CT molecular complexity index is 426. The molecule has 0 spiro atoms. The summed E-state index contributed by atoms with van der Waals surface area (Å²) in [5, 5.41) is 0. The van der Waals surface area contributed by atoms with Crippen LogP contribution < -0.4 is 0 Å². The van der Waals surface area contributed by atoms with Crippen LogP contribution in [0.2, 0.25) is 0 Å². The highest BCUT2D eigenvalue weighted by atomic mass is 16.2. The first-order chi connectivity index (χ1) is 9.11. The van der Waals surface area contributed by atoms with E-state index in [4.69, 9.17) is 0 Å². The van der Waals surface area contributed by atoms with Crippen molar-refractivity contribution >= 4 is 5.91 Å². The SMILES string of the molecule is CCN(CCN(C)C)C(=O)c1cnc(C2CC2)nc1. The summed E-state index contributed by atoms with van der Waals surface area (Å²) in [6.07, 6.45) is 5.69. The lowest BCUT2D eigenvalue weighted by Gasteiger charge is -2.22. The summed E-state index contributed by atoms with van der Waals surface area (Å²) in [5.74, 6) is 1.43. The molecule has 0 saturated heterocycles. The van der Waals surface area contributed by atoms with Crippen LogP contribution in [-0.4, -0.2) is 59.4 Å². The van der Waals surface area contributed by atoms with E-state index in [1.165, 1.54) is 12.8 Å². The molecule has 1 heterocycles. The number of amides is 1. The summed E-state index contributed by atoms with van der Waals surface area (Å²) in [7, 11) is 4.01. The van der Waals surface area contributed by atoms with Gasteiger partial charge < -0.3 is 9.80 Å². The van der Waals surface area contributed by atoms with Gasteiger partial charge in [0, 0.05) is 37.9 Å². The summed E-state index contributed by atoms with van der Waals surface area (Å²) >= 11 is 0. The summed E-state index contributed by atoms with van der Waals surface area (Å²) in [6.45, 7) is 4.29. The Morgan fingerprint density at radius 1 is 1.26 bits per heavy atom. The number of nitrogens with zero attached hydrogens (tertiary/aromatic N) is 4. The predicted octanol–water partition coefficient (Wildman–Crippen LogP) is 1.38. The minimum Gasteiger partial charge on any atom is -0.338 e. The number of rotatable bonds is 6. The van der Waals surface area contributed by atoms with Crippen LogP contribution in [0.25, 0.3) is 0 Å². The quantitative estimate of drug-likeness (QED) is 0.777. The number of carbonyl (C=O) groups excluding carboxylic acids is 1. The average Bonchev–Trinajstić information content (AvgIpc) is 3.23. The summed E-state index contributed by atoms with van der Waals surface area (Å²) < 4.78 is 0. The van der Waals surface area contributed by atoms with Gasteiger partial charge in [0.2, 0.25) is 0 Å². The van der Waals surface area contributed by atoms with Crippen LogP contribution in [0.15, 0.2) is 12.4 Å². The van der Waals surface area contributed by atoms with E-state index in [0.717, 1.165) is 18.9 Å². The lowest BCUT2D eigenvalue weighted by atomic mass is 10.2. The van der Waals surface area contributed by atoms with Crippen molar-refractivity contribution in [2.24, 2.45) is 0 Å². The molecule has 0 bridgehead atoms. The Kier molecular flexibility index (Phi) is 4.47. The van der Waals surface area contributed by atoms with Crippen LogP contribution in [0.5, 0.6) is 0 Å². The Hall–Kier alpha value is -1.49. The van der Waals surface area contributed by atoms with Crippen molar-refractivity contribution in [1.82, 2.24) is 19.8 Å². The smallest absolute Gasteiger partial charge is 0.257 e. The predicted molar refractivity (Wildman–Crippen MR) is 74.1 cm³/mol. The van der Waals surface area contributed by atoms with Gasteiger partial charge in [-0.15, -0.1) is 0 Å². The summed E-state index contributed by atoms with van der Waals surface area (Å²) in [5.41, 5.74) is 0.588. The van der Waals surface area contributed by atoms with Gasteiger partial charge in [-0.1, -0.05) is 0 Å². The molecule has 0 unspecified atom stereocenters. The highest BCUT2D eigenvalue weighted by Crippen LogP contribution is 2.37. The number of likely N-dealkylation sites (N-methyl/N-ethyl adjacent to an activating group) is 2. The molecule has 1 amide bonds. The van der Waals surface area contributed by atoms with Gasteiger partial charge in [-0.3, -0.25) is 4.79 Å². The molecule has 0 atom stereocenters. The fraction of sp³-hybridized carbons (Fsp3) is 0.643. The van der Waals surface area contributed by atoms with Crippen molar-refractivity contribution < 1.29 is 4.79 Å². The third-order valence-electron chi connectivity index (χ3n) is 3.35. The first-order valence-electron chi connectivity index (χ1n) is 6.87. The van der Waals surface area contributed by atoms with Gasteiger partial charge in [-0.05, 0) is 33.9 Å². The van der Waals surface area contributed by atoms with E-state index in [1.807, 2.05) is 25.9 Å².